The van der Waals surface area contributed by atoms with Gasteiger partial charge in [-0.15, -0.1) is 0 Å². The maximum atomic E-state index is 11.6. The Balaban J connectivity index is 2.49. The number of para-hydroxylation sites is 1. The minimum Gasteiger partial charge on any atom is -0.398 e. The lowest BCUT2D eigenvalue weighted by Crippen LogP contribution is -2.34. The van der Waals surface area contributed by atoms with Crippen LogP contribution in [0.2, 0.25) is 0 Å². The van der Waals surface area contributed by atoms with Crippen molar-refractivity contribution < 1.29 is 9.90 Å². The summed E-state index contributed by atoms with van der Waals surface area (Å²) in [7, 11) is 0. The van der Waals surface area contributed by atoms with Gasteiger partial charge in [-0.05, 0) is 25.0 Å². The van der Waals surface area contributed by atoms with Gasteiger partial charge < -0.3 is 16.2 Å². The first-order valence-electron chi connectivity index (χ1n) is 5.37. The van der Waals surface area contributed by atoms with E-state index in [0.717, 1.165) is 5.56 Å². The maximum Gasteiger partial charge on any atom is 0.224 e. The number of aliphatic hydroxyl groups excluding tert-OH is 1. The molecule has 1 amide bonds. The predicted octanol–water partition coefficient (Wildman–Crippen LogP) is 0.698. The van der Waals surface area contributed by atoms with Crippen LogP contribution in [0, 0.1) is 0 Å². The first-order chi connectivity index (χ1) is 7.63. The molecule has 0 fully saturated rings. The first kappa shape index (κ1) is 12.5. The number of hydrogen-bond donors (Lipinski definition) is 3. The van der Waals surface area contributed by atoms with E-state index in [1.54, 1.807) is 6.07 Å². The van der Waals surface area contributed by atoms with E-state index in [1.807, 2.05) is 25.1 Å². The molecule has 4 N–H and O–H groups in total. The third-order valence-electron chi connectivity index (χ3n) is 2.38. The van der Waals surface area contributed by atoms with Crippen LogP contribution < -0.4 is 11.1 Å². The average molecular weight is 222 g/mol. The van der Waals surface area contributed by atoms with Crippen LogP contribution in [0.1, 0.15) is 18.9 Å². The summed E-state index contributed by atoms with van der Waals surface area (Å²) < 4.78 is 0. The number of carbonyl (C=O) groups is 1. The third kappa shape index (κ3) is 3.90. The van der Waals surface area contributed by atoms with Crippen LogP contribution in [-0.4, -0.2) is 23.7 Å². The molecule has 4 heteroatoms. The molecule has 1 aromatic rings. The van der Waals surface area contributed by atoms with Gasteiger partial charge in [0.1, 0.15) is 0 Å². The summed E-state index contributed by atoms with van der Waals surface area (Å²) in [5.74, 6) is -0.0705. The summed E-state index contributed by atoms with van der Waals surface area (Å²) in [5.41, 5.74) is 7.20. The first-order valence-corrected chi connectivity index (χ1v) is 5.37. The van der Waals surface area contributed by atoms with Crippen molar-refractivity contribution in [2.24, 2.45) is 0 Å². The Morgan fingerprint density at radius 2 is 2.19 bits per heavy atom. The lowest BCUT2D eigenvalue weighted by molar-refractivity contribution is -0.121. The smallest absolute Gasteiger partial charge is 0.224 e. The highest BCUT2D eigenvalue weighted by Crippen LogP contribution is 2.10. The van der Waals surface area contributed by atoms with Gasteiger partial charge >= 0.3 is 0 Å². The Morgan fingerprint density at radius 1 is 1.50 bits per heavy atom. The second-order valence-electron chi connectivity index (χ2n) is 3.86. The van der Waals surface area contributed by atoms with Crippen LogP contribution in [-0.2, 0) is 11.2 Å². The lowest BCUT2D eigenvalue weighted by Gasteiger charge is -2.12. The summed E-state index contributed by atoms with van der Waals surface area (Å²) in [6.07, 6.45) is 0.846. The molecule has 0 radical (unpaired) electrons. The SMILES string of the molecule is CC(CCO)NC(=O)Cc1ccccc1N. The van der Waals surface area contributed by atoms with Crippen molar-refractivity contribution in [2.45, 2.75) is 25.8 Å². The number of nitrogen functional groups attached to an aromatic ring is 1. The molecule has 0 aliphatic rings. The zero-order valence-corrected chi connectivity index (χ0v) is 9.44. The molecule has 1 aromatic carbocycles. The van der Waals surface area contributed by atoms with Gasteiger partial charge in [-0.25, -0.2) is 0 Å². The molecule has 4 nitrogen and oxygen atoms in total. The van der Waals surface area contributed by atoms with E-state index in [2.05, 4.69) is 5.32 Å². The van der Waals surface area contributed by atoms with E-state index in [0.29, 0.717) is 12.1 Å². The van der Waals surface area contributed by atoms with Crippen molar-refractivity contribution in [3.8, 4) is 0 Å². The molecule has 0 saturated carbocycles. The van der Waals surface area contributed by atoms with Crippen LogP contribution in [0.3, 0.4) is 0 Å². The fraction of sp³-hybridized carbons (Fsp3) is 0.417. The number of carbonyl (C=O) groups excluding carboxylic acids is 1. The van der Waals surface area contributed by atoms with Crippen molar-refractivity contribution in [1.82, 2.24) is 5.32 Å². The zero-order chi connectivity index (χ0) is 12.0. The largest absolute Gasteiger partial charge is 0.398 e. The molecule has 1 rings (SSSR count). The van der Waals surface area contributed by atoms with Gasteiger partial charge in [0.2, 0.25) is 5.91 Å². The molecule has 0 saturated heterocycles. The highest BCUT2D eigenvalue weighted by atomic mass is 16.3. The predicted molar refractivity (Wildman–Crippen MR) is 63.9 cm³/mol. The van der Waals surface area contributed by atoms with E-state index in [1.165, 1.54) is 0 Å². The van der Waals surface area contributed by atoms with E-state index in [9.17, 15) is 4.79 Å². The summed E-state index contributed by atoms with van der Waals surface area (Å²) in [4.78, 5) is 11.6. The average Bonchev–Trinajstić information content (AvgIpc) is 2.21. The number of nitrogens with one attached hydrogen (secondary N) is 1. The van der Waals surface area contributed by atoms with Gasteiger partial charge in [-0.1, -0.05) is 18.2 Å². The number of nitrogens with two attached hydrogens (primary N) is 1. The monoisotopic (exact) mass is 222 g/mol. The number of aliphatic hydroxyl groups is 1. The van der Waals surface area contributed by atoms with E-state index >= 15 is 0 Å². The molecular formula is C12H18N2O2. The van der Waals surface area contributed by atoms with E-state index in [-0.39, 0.29) is 25.0 Å². The zero-order valence-electron chi connectivity index (χ0n) is 9.44. The highest BCUT2D eigenvalue weighted by molar-refractivity contribution is 5.80. The maximum absolute atomic E-state index is 11.6. The Kier molecular flexibility index (Phi) is 4.79. The minimum atomic E-state index is -0.0705. The van der Waals surface area contributed by atoms with Crippen molar-refractivity contribution in [2.75, 3.05) is 12.3 Å². The number of amides is 1. The summed E-state index contributed by atoms with van der Waals surface area (Å²) in [6.45, 7) is 1.94. The fourth-order valence-corrected chi connectivity index (χ4v) is 1.46. The molecule has 0 heterocycles. The van der Waals surface area contributed by atoms with Gasteiger partial charge in [-0.3, -0.25) is 4.79 Å². The normalized spacial score (nSPS) is 12.1. The molecule has 16 heavy (non-hydrogen) atoms. The molecule has 1 unspecified atom stereocenters. The summed E-state index contributed by atoms with van der Waals surface area (Å²) in [6, 6.07) is 7.30. The van der Waals surface area contributed by atoms with Gasteiger partial charge in [0.05, 0.1) is 6.42 Å². The Labute approximate surface area is 95.5 Å². The minimum absolute atomic E-state index is 0.0116. The van der Waals surface area contributed by atoms with Gasteiger partial charge in [0, 0.05) is 18.3 Å². The summed E-state index contributed by atoms with van der Waals surface area (Å²) >= 11 is 0. The molecule has 88 valence electrons. The molecule has 0 aliphatic heterocycles. The standard InChI is InChI=1S/C12H18N2O2/c1-9(6-7-15)14-12(16)8-10-4-2-3-5-11(10)13/h2-5,9,15H,6-8,13H2,1H3,(H,14,16). The molecule has 0 bridgehead atoms. The van der Waals surface area contributed by atoms with Crippen LogP contribution >= 0.6 is 0 Å². The number of anilines is 1. The van der Waals surface area contributed by atoms with Crippen LogP contribution in [0.25, 0.3) is 0 Å². The molecule has 1 atom stereocenters. The van der Waals surface area contributed by atoms with Crippen molar-refractivity contribution in [3.63, 3.8) is 0 Å². The topological polar surface area (TPSA) is 75.3 Å². The lowest BCUT2D eigenvalue weighted by atomic mass is 10.1. The Morgan fingerprint density at radius 3 is 2.81 bits per heavy atom. The molecular weight excluding hydrogens is 204 g/mol. The quantitative estimate of drug-likeness (QED) is 0.642. The Hall–Kier alpha value is -1.55. The number of rotatable bonds is 5. The second-order valence-corrected chi connectivity index (χ2v) is 3.86. The van der Waals surface area contributed by atoms with Gasteiger partial charge in [0.25, 0.3) is 0 Å². The number of hydrogen-bond acceptors (Lipinski definition) is 3. The van der Waals surface area contributed by atoms with Crippen LogP contribution in [0.15, 0.2) is 24.3 Å². The van der Waals surface area contributed by atoms with Crippen LogP contribution in [0.5, 0.6) is 0 Å². The van der Waals surface area contributed by atoms with Crippen molar-refractivity contribution in [1.29, 1.82) is 0 Å². The molecule has 0 aromatic heterocycles. The summed E-state index contributed by atoms with van der Waals surface area (Å²) in [5, 5.41) is 11.5. The van der Waals surface area contributed by atoms with Crippen molar-refractivity contribution >= 4 is 11.6 Å². The fourth-order valence-electron chi connectivity index (χ4n) is 1.46. The Bertz CT molecular complexity index is 353. The molecule has 0 aliphatic carbocycles. The molecule has 0 spiro atoms. The van der Waals surface area contributed by atoms with Crippen LogP contribution in [0.4, 0.5) is 5.69 Å². The second kappa shape index (κ2) is 6.12. The van der Waals surface area contributed by atoms with E-state index in [4.69, 9.17) is 10.8 Å². The van der Waals surface area contributed by atoms with Gasteiger partial charge in [0.15, 0.2) is 0 Å². The van der Waals surface area contributed by atoms with Crippen molar-refractivity contribution in [3.05, 3.63) is 29.8 Å². The third-order valence-corrected chi connectivity index (χ3v) is 2.38. The highest BCUT2D eigenvalue weighted by Gasteiger charge is 2.08. The van der Waals surface area contributed by atoms with Gasteiger partial charge in [-0.2, -0.15) is 0 Å². The number of benzene rings is 1. The van der Waals surface area contributed by atoms with E-state index < -0.39 is 0 Å².